The lowest BCUT2D eigenvalue weighted by molar-refractivity contribution is 0.102. The van der Waals surface area contributed by atoms with Crippen LogP contribution in [-0.4, -0.2) is 22.6 Å². The van der Waals surface area contributed by atoms with Crippen molar-refractivity contribution in [1.29, 1.82) is 0 Å². The van der Waals surface area contributed by atoms with Gasteiger partial charge in [-0.2, -0.15) is 0 Å². The summed E-state index contributed by atoms with van der Waals surface area (Å²) < 4.78 is 7.15. The minimum atomic E-state index is -0.172. The smallest absolute Gasteiger partial charge is 0.255 e. The number of amides is 1. The van der Waals surface area contributed by atoms with Crippen molar-refractivity contribution in [3.05, 3.63) is 71.7 Å². The highest BCUT2D eigenvalue weighted by Crippen LogP contribution is 2.18. The van der Waals surface area contributed by atoms with E-state index >= 15 is 0 Å². The molecule has 0 aliphatic heterocycles. The summed E-state index contributed by atoms with van der Waals surface area (Å²) in [4.78, 5) is 16.4. The summed E-state index contributed by atoms with van der Waals surface area (Å²) in [5.41, 5.74) is 4.58. The molecule has 1 amide bonds. The molecule has 122 valence electrons. The molecule has 5 heteroatoms. The van der Waals surface area contributed by atoms with Crippen LogP contribution in [0.4, 0.5) is 5.69 Å². The normalized spacial score (nSPS) is 10.5. The van der Waals surface area contributed by atoms with Crippen molar-refractivity contribution in [3.8, 4) is 11.6 Å². The number of nitrogens with one attached hydrogen (secondary N) is 1. The van der Waals surface area contributed by atoms with Crippen LogP contribution >= 0.6 is 0 Å². The number of methoxy groups -OCH3 is 1. The fraction of sp³-hybridized carbons (Fsp3) is 0.158. The van der Waals surface area contributed by atoms with E-state index in [0.29, 0.717) is 17.1 Å². The zero-order chi connectivity index (χ0) is 17.1. The summed E-state index contributed by atoms with van der Waals surface area (Å²) in [7, 11) is 1.55. The van der Waals surface area contributed by atoms with Gasteiger partial charge in [-0.1, -0.05) is 0 Å². The quantitative estimate of drug-likeness (QED) is 0.796. The molecule has 0 atom stereocenters. The molecular weight excluding hydrogens is 302 g/mol. The molecule has 2 aromatic heterocycles. The van der Waals surface area contributed by atoms with Gasteiger partial charge in [0.2, 0.25) is 5.88 Å². The first kappa shape index (κ1) is 15.8. The number of pyridine rings is 1. The van der Waals surface area contributed by atoms with E-state index in [2.05, 4.69) is 40.8 Å². The summed E-state index contributed by atoms with van der Waals surface area (Å²) in [6, 6.07) is 15.1. The van der Waals surface area contributed by atoms with Gasteiger partial charge in [0.05, 0.1) is 19.0 Å². The van der Waals surface area contributed by atoms with Crippen molar-refractivity contribution in [2.75, 3.05) is 12.4 Å². The topological polar surface area (TPSA) is 56.1 Å². The molecule has 3 rings (SSSR count). The molecule has 0 bridgehead atoms. The Bertz CT molecular complexity index is 830. The number of ether oxygens (including phenoxy) is 1. The predicted molar refractivity (Wildman–Crippen MR) is 94.0 cm³/mol. The zero-order valence-electron chi connectivity index (χ0n) is 13.9. The average molecular weight is 321 g/mol. The second-order valence-corrected chi connectivity index (χ2v) is 5.54. The van der Waals surface area contributed by atoms with Crippen molar-refractivity contribution >= 4 is 11.6 Å². The second kappa shape index (κ2) is 6.58. The van der Waals surface area contributed by atoms with Crippen molar-refractivity contribution in [2.45, 2.75) is 13.8 Å². The van der Waals surface area contributed by atoms with E-state index in [4.69, 9.17) is 4.74 Å². The molecule has 1 N–H and O–H groups in total. The van der Waals surface area contributed by atoms with Gasteiger partial charge >= 0.3 is 0 Å². The molecule has 0 unspecified atom stereocenters. The van der Waals surface area contributed by atoms with Gasteiger partial charge in [0.25, 0.3) is 5.91 Å². The molecule has 1 aromatic carbocycles. The molecule has 0 aliphatic rings. The lowest BCUT2D eigenvalue weighted by atomic mass is 10.2. The van der Waals surface area contributed by atoms with Crippen molar-refractivity contribution < 1.29 is 9.53 Å². The molecule has 5 nitrogen and oxygen atoms in total. The zero-order valence-corrected chi connectivity index (χ0v) is 13.9. The minimum Gasteiger partial charge on any atom is -0.481 e. The summed E-state index contributed by atoms with van der Waals surface area (Å²) in [6.45, 7) is 4.12. The summed E-state index contributed by atoms with van der Waals surface area (Å²) >= 11 is 0. The second-order valence-electron chi connectivity index (χ2n) is 5.54. The van der Waals surface area contributed by atoms with Crippen LogP contribution in [-0.2, 0) is 0 Å². The number of anilines is 1. The Kier molecular flexibility index (Phi) is 4.33. The molecular formula is C19H19N3O2. The molecule has 0 saturated heterocycles. The monoisotopic (exact) mass is 321 g/mol. The fourth-order valence-corrected chi connectivity index (χ4v) is 2.62. The van der Waals surface area contributed by atoms with E-state index in [0.717, 1.165) is 17.1 Å². The van der Waals surface area contributed by atoms with Crippen LogP contribution in [0, 0.1) is 13.8 Å². The van der Waals surface area contributed by atoms with Gasteiger partial charge in [-0.05, 0) is 56.3 Å². The Morgan fingerprint density at radius 1 is 1.00 bits per heavy atom. The van der Waals surface area contributed by atoms with Gasteiger partial charge in [0.1, 0.15) is 0 Å². The van der Waals surface area contributed by atoms with E-state index in [-0.39, 0.29) is 5.91 Å². The maximum absolute atomic E-state index is 12.3. The van der Waals surface area contributed by atoms with Gasteiger partial charge < -0.3 is 14.6 Å². The Labute approximate surface area is 140 Å². The molecule has 0 saturated carbocycles. The van der Waals surface area contributed by atoms with Crippen molar-refractivity contribution in [1.82, 2.24) is 9.55 Å². The van der Waals surface area contributed by atoms with Gasteiger partial charge in [0, 0.05) is 28.7 Å². The first-order chi connectivity index (χ1) is 11.6. The lowest BCUT2D eigenvalue weighted by Gasteiger charge is -2.10. The first-order valence-corrected chi connectivity index (χ1v) is 7.65. The van der Waals surface area contributed by atoms with Crippen LogP contribution in [0.3, 0.4) is 0 Å². The number of carbonyl (C=O) groups excluding carboxylic acids is 1. The third kappa shape index (κ3) is 3.15. The number of hydrogen-bond donors (Lipinski definition) is 1. The van der Waals surface area contributed by atoms with Gasteiger partial charge in [-0.25, -0.2) is 4.98 Å². The van der Waals surface area contributed by atoms with Crippen LogP contribution in [0.15, 0.2) is 54.7 Å². The number of rotatable bonds is 4. The Morgan fingerprint density at radius 2 is 1.67 bits per heavy atom. The standard InChI is InChI=1S/C19H19N3O2/c1-13-4-5-14(2)22(13)17-9-6-15(7-10-17)19(23)21-16-8-11-18(24-3)20-12-16/h4-12H,1-3H3,(H,21,23). The number of carbonyl (C=O) groups is 1. The number of aryl methyl sites for hydroxylation is 2. The molecule has 0 aliphatic carbocycles. The summed E-state index contributed by atoms with van der Waals surface area (Å²) in [5.74, 6) is 0.337. The number of benzene rings is 1. The highest BCUT2D eigenvalue weighted by molar-refractivity contribution is 6.04. The predicted octanol–water partition coefficient (Wildman–Crippen LogP) is 3.75. The Balaban J connectivity index is 1.76. The molecule has 0 radical (unpaired) electrons. The fourth-order valence-electron chi connectivity index (χ4n) is 2.62. The minimum absolute atomic E-state index is 0.172. The van der Waals surface area contributed by atoms with E-state index in [1.54, 1.807) is 25.4 Å². The number of hydrogen-bond acceptors (Lipinski definition) is 3. The van der Waals surface area contributed by atoms with Gasteiger partial charge in [-0.15, -0.1) is 0 Å². The Hall–Kier alpha value is -3.08. The third-order valence-corrected chi connectivity index (χ3v) is 3.86. The summed E-state index contributed by atoms with van der Waals surface area (Å²) in [6.07, 6.45) is 1.57. The highest BCUT2D eigenvalue weighted by Gasteiger charge is 2.08. The number of nitrogens with zero attached hydrogens (tertiary/aromatic N) is 2. The first-order valence-electron chi connectivity index (χ1n) is 7.65. The molecule has 2 heterocycles. The molecule has 0 fully saturated rings. The van der Waals surface area contributed by atoms with E-state index in [1.165, 1.54) is 0 Å². The van der Waals surface area contributed by atoms with E-state index < -0.39 is 0 Å². The maximum atomic E-state index is 12.3. The molecule has 24 heavy (non-hydrogen) atoms. The SMILES string of the molecule is COc1ccc(NC(=O)c2ccc(-n3c(C)ccc3C)cc2)cn1. The average Bonchev–Trinajstić information content (AvgIpc) is 2.94. The largest absolute Gasteiger partial charge is 0.481 e. The Morgan fingerprint density at radius 3 is 2.21 bits per heavy atom. The van der Waals surface area contributed by atoms with Crippen LogP contribution < -0.4 is 10.1 Å². The van der Waals surface area contributed by atoms with Crippen LogP contribution in [0.25, 0.3) is 5.69 Å². The highest BCUT2D eigenvalue weighted by atomic mass is 16.5. The van der Waals surface area contributed by atoms with E-state index in [9.17, 15) is 4.79 Å². The van der Waals surface area contributed by atoms with Gasteiger partial charge in [0.15, 0.2) is 0 Å². The van der Waals surface area contributed by atoms with Crippen LogP contribution in [0.5, 0.6) is 5.88 Å². The molecule has 3 aromatic rings. The maximum Gasteiger partial charge on any atom is 0.255 e. The van der Waals surface area contributed by atoms with Crippen LogP contribution in [0.1, 0.15) is 21.7 Å². The summed E-state index contributed by atoms with van der Waals surface area (Å²) in [5, 5.41) is 2.82. The van der Waals surface area contributed by atoms with Crippen molar-refractivity contribution in [3.63, 3.8) is 0 Å². The van der Waals surface area contributed by atoms with Crippen LogP contribution in [0.2, 0.25) is 0 Å². The number of aromatic nitrogens is 2. The third-order valence-electron chi connectivity index (χ3n) is 3.86. The van der Waals surface area contributed by atoms with Gasteiger partial charge in [-0.3, -0.25) is 4.79 Å². The lowest BCUT2D eigenvalue weighted by Crippen LogP contribution is -2.12. The van der Waals surface area contributed by atoms with Crippen molar-refractivity contribution in [2.24, 2.45) is 0 Å². The molecule has 0 spiro atoms. The van der Waals surface area contributed by atoms with E-state index in [1.807, 2.05) is 24.3 Å².